The van der Waals surface area contributed by atoms with Crippen LogP contribution >= 0.6 is 0 Å². The predicted octanol–water partition coefficient (Wildman–Crippen LogP) is 2.59. The highest BCUT2D eigenvalue weighted by Crippen LogP contribution is 2.30. The van der Waals surface area contributed by atoms with Crippen molar-refractivity contribution >= 4 is 15.9 Å². The quantitative estimate of drug-likeness (QED) is 0.692. The van der Waals surface area contributed by atoms with Crippen LogP contribution in [-0.4, -0.2) is 46.4 Å². The zero-order valence-corrected chi connectivity index (χ0v) is 17.3. The number of nitrogens with one attached hydrogen (secondary N) is 1. The van der Waals surface area contributed by atoms with Gasteiger partial charge >= 0.3 is 0 Å². The Morgan fingerprint density at radius 2 is 1.71 bits per heavy atom. The van der Waals surface area contributed by atoms with Gasteiger partial charge in [0.05, 0.1) is 31.7 Å². The highest BCUT2D eigenvalue weighted by Gasteiger charge is 2.25. The second-order valence-corrected chi connectivity index (χ2v) is 8.26. The molecule has 1 atom stereocenters. The fourth-order valence-corrected chi connectivity index (χ4v) is 3.93. The summed E-state index contributed by atoms with van der Waals surface area (Å²) in [7, 11) is 0.410. The summed E-state index contributed by atoms with van der Waals surface area (Å²) < 4.78 is 36.9. The van der Waals surface area contributed by atoms with Crippen LogP contribution in [0.5, 0.6) is 11.5 Å². The molecule has 0 heterocycles. The summed E-state index contributed by atoms with van der Waals surface area (Å²) in [5, 5.41) is 2.89. The molecule has 0 aliphatic carbocycles. The molecule has 0 saturated carbocycles. The maximum absolute atomic E-state index is 12.8. The number of sulfonamides is 1. The molecule has 2 aromatic carbocycles. The van der Waals surface area contributed by atoms with E-state index in [4.69, 9.17) is 9.47 Å². The molecule has 7 nitrogen and oxygen atoms in total. The smallest absolute Gasteiger partial charge is 0.243 e. The Kier molecular flexibility index (Phi) is 7.42. The van der Waals surface area contributed by atoms with Gasteiger partial charge in [-0.25, -0.2) is 8.42 Å². The number of hydrogen-bond donors (Lipinski definition) is 1. The zero-order chi connectivity index (χ0) is 20.7. The Bertz CT molecular complexity index is 900. The third-order valence-corrected chi connectivity index (χ3v) is 6.17. The SMILES string of the molecule is CC[C@@H](NC(=O)CN(C)S(=O)(=O)c1ccc(OC)c(OC)c1)c1ccccc1. The minimum atomic E-state index is -3.86. The van der Waals surface area contributed by atoms with Crippen LogP contribution in [0.1, 0.15) is 24.9 Å². The third kappa shape index (κ3) is 5.02. The van der Waals surface area contributed by atoms with Crippen LogP contribution in [-0.2, 0) is 14.8 Å². The third-order valence-electron chi connectivity index (χ3n) is 4.37. The number of likely N-dealkylation sites (N-methyl/N-ethyl adjacent to an activating group) is 1. The molecule has 152 valence electrons. The number of methoxy groups -OCH3 is 2. The summed E-state index contributed by atoms with van der Waals surface area (Å²) in [5.74, 6) is 0.356. The van der Waals surface area contributed by atoms with Gasteiger partial charge in [-0.3, -0.25) is 4.79 Å². The van der Waals surface area contributed by atoms with Crippen molar-refractivity contribution < 1.29 is 22.7 Å². The lowest BCUT2D eigenvalue weighted by Gasteiger charge is -2.21. The van der Waals surface area contributed by atoms with Gasteiger partial charge in [-0.05, 0) is 24.1 Å². The molecular formula is C20H26N2O5S. The first-order valence-corrected chi connectivity index (χ1v) is 10.3. The molecule has 0 bridgehead atoms. The van der Waals surface area contributed by atoms with Crippen LogP contribution in [0.15, 0.2) is 53.4 Å². The average Bonchev–Trinajstić information content (AvgIpc) is 2.71. The van der Waals surface area contributed by atoms with E-state index >= 15 is 0 Å². The highest BCUT2D eigenvalue weighted by molar-refractivity contribution is 7.89. The molecule has 0 fully saturated rings. The maximum Gasteiger partial charge on any atom is 0.243 e. The van der Waals surface area contributed by atoms with Crippen molar-refractivity contribution in [3.8, 4) is 11.5 Å². The predicted molar refractivity (Wildman–Crippen MR) is 107 cm³/mol. The normalized spacial score (nSPS) is 12.5. The fraction of sp³-hybridized carbons (Fsp3) is 0.350. The van der Waals surface area contributed by atoms with E-state index in [0.29, 0.717) is 17.9 Å². The molecule has 0 radical (unpaired) electrons. The van der Waals surface area contributed by atoms with Gasteiger partial charge in [0.2, 0.25) is 15.9 Å². The molecule has 28 heavy (non-hydrogen) atoms. The van der Waals surface area contributed by atoms with E-state index in [9.17, 15) is 13.2 Å². The number of nitrogens with zero attached hydrogens (tertiary/aromatic N) is 1. The van der Waals surface area contributed by atoms with E-state index in [1.54, 1.807) is 0 Å². The molecule has 0 unspecified atom stereocenters. The highest BCUT2D eigenvalue weighted by atomic mass is 32.2. The Labute approximate surface area is 166 Å². The van der Waals surface area contributed by atoms with Gasteiger partial charge in [0.15, 0.2) is 11.5 Å². The molecule has 8 heteroatoms. The minimum absolute atomic E-state index is 0.0237. The van der Waals surface area contributed by atoms with Gasteiger partial charge in [0.1, 0.15) is 0 Å². The number of amides is 1. The van der Waals surface area contributed by atoms with E-state index in [1.807, 2.05) is 37.3 Å². The van der Waals surface area contributed by atoms with Crippen molar-refractivity contribution in [2.75, 3.05) is 27.8 Å². The van der Waals surface area contributed by atoms with Gasteiger partial charge < -0.3 is 14.8 Å². The second kappa shape index (κ2) is 9.57. The summed E-state index contributed by atoms with van der Waals surface area (Å²) >= 11 is 0. The Morgan fingerprint density at radius 3 is 2.29 bits per heavy atom. The van der Waals surface area contributed by atoms with E-state index in [2.05, 4.69) is 5.32 Å². The van der Waals surface area contributed by atoms with Crippen molar-refractivity contribution in [3.63, 3.8) is 0 Å². The maximum atomic E-state index is 12.8. The number of benzene rings is 2. The first-order valence-electron chi connectivity index (χ1n) is 8.86. The number of ether oxygens (including phenoxy) is 2. The van der Waals surface area contributed by atoms with Crippen molar-refractivity contribution in [2.24, 2.45) is 0 Å². The summed E-state index contributed by atoms with van der Waals surface area (Å²) in [6, 6.07) is 13.7. The molecule has 0 aliphatic heterocycles. The molecule has 0 aromatic heterocycles. The van der Waals surface area contributed by atoms with Gasteiger partial charge in [-0.2, -0.15) is 4.31 Å². The molecule has 0 saturated heterocycles. The molecule has 0 spiro atoms. The Hall–Kier alpha value is -2.58. The summed E-state index contributed by atoms with van der Waals surface area (Å²) in [4.78, 5) is 12.5. The lowest BCUT2D eigenvalue weighted by atomic mass is 10.0. The van der Waals surface area contributed by atoms with Crippen molar-refractivity contribution in [1.82, 2.24) is 9.62 Å². The molecule has 1 amide bonds. The van der Waals surface area contributed by atoms with Crippen molar-refractivity contribution in [2.45, 2.75) is 24.3 Å². The summed E-state index contributed by atoms with van der Waals surface area (Å²) in [6.45, 7) is 1.67. The molecular weight excluding hydrogens is 380 g/mol. The molecule has 0 aliphatic rings. The number of hydrogen-bond acceptors (Lipinski definition) is 5. The molecule has 2 rings (SSSR count). The van der Waals surface area contributed by atoms with Gasteiger partial charge in [-0.15, -0.1) is 0 Å². The van der Waals surface area contributed by atoms with Crippen LogP contribution in [0, 0.1) is 0 Å². The minimum Gasteiger partial charge on any atom is -0.493 e. The monoisotopic (exact) mass is 406 g/mol. The van der Waals surface area contributed by atoms with Crippen LogP contribution in [0.3, 0.4) is 0 Å². The zero-order valence-electron chi connectivity index (χ0n) is 16.5. The standard InChI is InChI=1S/C20H26N2O5S/c1-5-17(15-9-7-6-8-10-15)21-20(23)14-22(2)28(24,25)16-11-12-18(26-3)19(13-16)27-4/h6-13,17H,5,14H2,1-4H3,(H,21,23)/t17-/m1/s1. The van der Waals surface area contributed by atoms with E-state index in [-0.39, 0.29) is 23.4 Å². The topological polar surface area (TPSA) is 84.9 Å². The molecule has 2 aromatic rings. The van der Waals surface area contributed by atoms with E-state index < -0.39 is 10.0 Å². The van der Waals surface area contributed by atoms with Gasteiger partial charge in [-0.1, -0.05) is 37.3 Å². The summed E-state index contributed by atoms with van der Waals surface area (Å²) in [6.07, 6.45) is 0.696. The van der Waals surface area contributed by atoms with E-state index in [0.717, 1.165) is 9.87 Å². The first kappa shape index (κ1) is 21.7. The van der Waals surface area contributed by atoms with Crippen LogP contribution in [0.4, 0.5) is 0 Å². The molecule has 1 N–H and O–H groups in total. The lowest BCUT2D eigenvalue weighted by Crippen LogP contribution is -2.39. The van der Waals surface area contributed by atoms with E-state index in [1.165, 1.54) is 39.5 Å². The van der Waals surface area contributed by atoms with Crippen LogP contribution < -0.4 is 14.8 Å². The average molecular weight is 407 g/mol. The Balaban J connectivity index is 2.12. The first-order chi connectivity index (χ1) is 13.3. The fourth-order valence-electron chi connectivity index (χ4n) is 2.79. The number of carbonyl (C=O) groups is 1. The van der Waals surface area contributed by atoms with Crippen LogP contribution in [0.2, 0.25) is 0 Å². The lowest BCUT2D eigenvalue weighted by molar-refractivity contribution is -0.121. The Morgan fingerprint density at radius 1 is 1.07 bits per heavy atom. The number of rotatable bonds is 9. The second-order valence-electron chi connectivity index (χ2n) is 6.22. The largest absolute Gasteiger partial charge is 0.493 e. The van der Waals surface area contributed by atoms with Crippen molar-refractivity contribution in [3.05, 3.63) is 54.1 Å². The number of carbonyl (C=O) groups excluding carboxylic acids is 1. The van der Waals surface area contributed by atoms with Crippen LogP contribution in [0.25, 0.3) is 0 Å². The van der Waals surface area contributed by atoms with Crippen molar-refractivity contribution in [1.29, 1.82) is 0 Å². The van der Waals surface area contributed by atoms with Gasteiger partial charge in [0, 0.05) is 13.1 Å². The van der Waals surface area contributed by atoms with Gasteiger partial charge in [0.25, 0.3) is 0 Å². The summed E-state index contributed by atoms with van der Waals surface area (Å²) in [5.41, 5.74) is 0.976.